The third kappa shape index (κ3) is 2.94. The van der Waals surface area contributed by atoms with E-state index in [1.54, 1.807) is 0 Å². The average molecular weight is 396 g/mol. The molecule has 5 aromatic carbocycles. The van der Waals surface area contributed by atoms with Crippen molar-refractivity contribution >= 4 is 21.5 Å². The van der Waals surface area contributed by atoms with Crippen LogP contribution >= 0.6 is 0 Å². The van der Waals surface area contributed by atoms with Crippen molar-refractivity contribution in [3.63, 3.8) is 0 Å². The largest absolute Gasteiger partial charge is 0.455 e. The van der Waals surface area contributed by atoms with E-state index in [0.29, 0.717) is 0 Å². The van der Waals surface area contributed by atoms with E-state index in [4.69, 9.17) is 4.42 Å². The summed E-state index contributed by atoms with van der Waals surface area (Å²) in [6, 6.07) is 42.4. The first-order valence-corrected chi connectivity index (χ1v) is 10.5. The molecular weight excluding hydrogens is 376 g/mol. The van der Waals surface area contributed by atoms with Gasteiger partial charge in [-0.05, 0) is 21.9 Å². The summed E-state index contributed by atoms with van der Waals surface area (Å²) in [5.74, 6) is 1.84. The molecule has 0 saturated heterocycles. The summed E-state index contributed by atoms with van der Waals surface area (Å²) in [7, 11) is 0. The number of fused-ring (bicyclic) bond motifs is 2. The van der Waals surface area contributed by atoms with Crippen molar-refractivity contribution in [2.24, 2.45) is 0 Å². The van der Waals surface area contributed by atoms with Crippen LogP contribution in [0.1, 0.15) is 0 Å². The minimum Gasteiger partial charge on any atom is -0.455 e. The van der Waals surface area contributed by atoms with Crippen LogP contribution in [0.25, 0.3) is 55.3 Å². The van der Waals surface area contributed by atoms with Crippen LogP contribution in [0.3, 0.4) is 0 Å². The Labute approximate surface area is 181 Å². The third-order valence-corrected chi connectivity index (χ3v) is 5.90. The second kappa shape index (κ2) is 7.30. The molecule has 0 radical (unpaired) electrons. The summed E-state index contributed by atoms with van der Waals surface area (Å²) in [5.41, 5.74) is 4.59. The van der Waals surface area contributed by atoms with Gasteiger partial charge in [0, 0.05) is 21.9 Å². The van der Waals surface area contributed by atoms with E-state index in [1.165, 1.54) is 21.9 Å². The number of benzene rings is 5. The van der Waals surface area contributed by atoms with Crippen molar-refractivity contribution in [2.75, 3.05) is 0 Å². The Hall–Kier alpha value is -4.10. The summed E-state index contributed by atoms with van der Waals surface area (Å²) in [5, 5.41) is 4.67. The number of hydrogen-bond donors (Lipinski definition) is 0. The topological polar surface area (TPSA) is 13.1 Å². The number of hydrogen-bond acceptors (Lipinski definition) is 1. The molecule has 0 aliphatic carbocycles. The van der Waals surface area contributed by atoms with E-state index < -0.39 is 0 Å². The molecule has 0 atom stereocenters. The lowest BCUT2D eigenvalue weighted by Crippen LogP contribution is -1.87. The lowest BCUT2D eigenvalue weighted by molar-refractivity contribution is 0.603. The molecule has 0 N–H and O–H groups in total. The fourth-order valence-corrected chi connectivity index (χ4v) is 4.46. The summed E-state index contributed by atoms with van der Waals surface area (Å²) in [6.07, 6.45) is 0. The molecule has 31 heavy (non-hydrogen) atoms. The zero-order chi connectivity index (χ0) is 20.6. The highest BCUT2D eigenvalue weighted by Gasteiger charge is 2.20. The fourth-order valence-electron chi connectivity index (χ4n) is 4.46. The normalized spacial score (nSPS) is 11.2. The minimum absolute atomic E-state index is 0.915. The summed E-state index contributed by atoms with van der Waals surface area (Å²) in [4.78, 5) is 0. The molecule has 0 bridgehead atoms. The number of rotatable bonds is 3. The molecule has 0 amide bonds. The van der Waals surface area contributed by atoms with Crippen molar-refractivity contribution in [3.8, 4) is 33.8 Å². The molecule has 1 nitrogen and oxygen atoms in total. The van der Waals surface area contributed by atoms with E-state index in [2.05, 4.69) is 115 Å². The zero-order valence-electron chi connectivity index (χ0n) is 17.0. The molecule has 6 rings (SSSR count). The SMILES string of the molecule is c1ccc(-c2ccc3ccccc3c2-c2oc(-c3ccccc3)c3ccccc23)cc1. The van der Waals surface area contributed by atoms with Crippen molar-refractivity contribution in [1.29, 1.82) is 0 Å². The first kappa shape index (κ1) is 17.7. The molecule has 1 heterocycles. The van der Waals surface area contributed by atoms with Crippen LogP contribution in [-0.2, 0) is 0 Å². The highest BCUT2D eigenvalue weighted by Crippen LogP contribution is 2.45. The monoisotopic (exact) mass is 396 g/mol. The maximum atomic E-state index is 6.71. The van der Waals surface area contributed by atoms with Gasteiger partial charge in [-0.1, -0.05) is 121 Å². The molecular formula is C30H20O. The molecule has 0 spiro atoms. The quantitative estimate of drug-likeness (QED) is 0.292. The molecule has 0 unspecified atom stereocenters. The van der Waals surface area contributed by atoms with Crippen LogP contribution in [0.4, 0.5) is 0 Å². The van der Waals surface area contributed by atoms with Gasteiger partial charge in [-0.2, -0.15) is 0 Å². The van der Waals surface area contributed by atoms with Crippen LogP contribution in [0.5, 0.6) is 0 Å². The van der Waals surface area contributed by atoms with Crippen LogP contribution < -0.4 is 0 Å². The molecule has 6 aromatic rings. The predicted molar refractivity (Wildman–Crippen MR) is 130 cm³/mol. The highest BCUT2D eigenvalue weighted by molar-refractivity contribution is 6.11. The van der Waals surface area contributed by atoms with E-state index in [-0.39, 0.29) is 0 Å². The third-order valence-electron chi connectivity index (χ3n) is 5.90. The minimum atomic E-state index is 0.915. The van der Waals surface area contributed by atoms with E-state index in [1.807, 2.05) is 6.07 Å². The first-order chi connectivity index (χ1) is 15.4. The summed E-state index contributed by atoms with van der Waals surface area (Å²) >= 11 is 0. The lowest BCUT2D eigenvalue weighted by Gasteiger charge is -2.12. The Bertz CT molecular complexity index is 1510. The molecule has 0 aliphatic heterocycles. The van der Waals surface area contributed by atoms with Gasteiger partial charge in [0.15, 0.2) is 0 Å². The smallest absolute Gasteiger partial charge is 0.143 e. The van der Waals surface area contributed by atoms with Gasteiger partial charge >= 0.3 is 0 Å². The van der Waals surface area contributed by atoms with E-state index in [9.17, 15) is 0 Å². The zero-order valence-corrected chi connectivity index (χ0v) is 17.0. The lowest BCUT2D eigenvalue weighted by atomic mass is 9.91. The Kier molecular flexibility index (Phi) is 4.18. The predicted octanol–water partition coefficient (Wildman–Crippen LogP) is 8.59. The maximum Gasteiger partial charge on any atom is 0.143 e. The van der Waals surface area contributed by atoms with Crippen LogP contribution in [0.15, 0.2) is 126 Å². The second-order valence-corrected chi connectivity index (χ2v) is 7.75. The van der Waals surface area contributed by atoms with Crippen LogP contribution in [-0.4, -0.2) is 0 Å². The second-order valence-electron chi connectivity index (χ2n) is 7.75. The maximum absolute atomic E-state index is 6.71. The van der Waals surface area contributed by atoms with Crippen LogP contribution in [0, 0.1) is 0 Å². The van der Waals surface area contributed by atoms with Crippen molar-refractivity contribution in [1.82, 2.24) is 0 Å². The average Bonchev–Trinajstić information content (AvgIpc) is 3.24. The van der Waals surface area contributed by atoms with Gasteiger partial charge in [-0.25, -0.2) is 0 Å². The molecule has 0 aliphatic rings. The van der Waals surface area contributed by atoms with Crippen molar-refractivity contribution < 1.29 is 4.42 Å². The van der Waals surface area contributed by atoms with Gasteiger partial charge < -0.3 is 4.42 Å². The standard InChI is InChI=1S/C30H20O/c1-3-11-21(12-4-1)25-20-19-22-13-7-8-16-24(22)28(25)30-27-18-10-9-17-26(27)29(31-30)23-14-5-2-6-15-23/h1-20H. The number of furan rings is 1. The molecule has 0 fully saturated rings. The van der Waals surface area contributed by atoms with Crippen molar-refractivity contribution in [2.45, 2.75) is 0 Å². The highest BCUT2D eigenvalue weighted by atomic mass is 16.3. The Balaban J connectivity index is 1.74. The van der Waals surface area contributed by atoms with Crippen molar-refractivity contribution in [3.05, 3.63) is 121 Å². The summed E-state index contributed by atoms with van der Waals surface area (Å²) in [6.45, 7) is 0. The molecule has 146 valence electrons. The molecule has 1 heteroatoms. The van der Waals surface area contributed by atoms with Gasteiger partial charge in [0.05, 0.1) is 0 Å². The Morgan fingerprint density at radius 2 is 0.935 bits per heavy atom. The molecule has 1 aromatic heterocycles. The van der Waals surface area contributed by atoms with Gasteiger partial charge in [0.25, 0.3) is 0 Å². The van der Waals surface area contributed by atoms with Gasteiger partial charge in [0.2, 0.25) is 0 Å². The van der Waals surface area contributed by atoms with E-state index in [0.717, 1.165) is 33.4 Å². The van der Waals surface area contributed by atoms with Gasteiger partial charge in [-0.15, -0.1) is 0 Å². The van der Waals surface area contributed by atoms with Gasteiger partial charge in [0.1, 0.15) is 11.5 Å². The van der Waals surface area contributed by atoms with Gasteiger partial charge in [-0.3, -0.25) is 0 Å². The Morgan fingerprint density at radius 3 is 1.65 bits per heavy atom. The van der Waals surface area contributed by atoms with E-state index >= 15 is 0 Å². The fraction of sp³-hybridized carbons (Fsp3) is 0. The molecule has 0 saturated carbocycles. The summed E-state index contributed by atoms with van der Waals surface area (Å²) < 4.78 is 6.71. The van der Waals surface area contributed by atoms with Crippen LogP contribution in [0.2, 0.25) is 0 Å². The Morgan fingerprint density at radius 1 is 0.387 bits per heavy atom. The first-order valence-electron chi connectivity index (χ1n) is 10.5.